The van der Waals surface area contributed by atoms with E-state index in [4.69, 9.17) is 15.3 Å². The summed E-state index contributed by atoms with van der Waals surface area (Å²) in [5, 5.41) is 8.91. The van der Waals surface area contributed by atoms with Crippen molar-refractivity contribution in [2.24, 2.45) is 5.73 Å². The number of hydrogen-bond acceptors (Lipinski definition) is 3. The van der Waals surface area contributed by atoms with Crippen LogP contribution >= 0.6 is 0 Å². The molecule has 3 nitrogen and oxygen atoms in total. The molecular formula is C10H17NO2. The number of aliphatic hydroxyl groups is 1. The zero-order valence-electron chi connectivity index (χ0n) is 8.16. The van der Waals surface area contributed by atoms with E-state index in [0.717, 1.165) is 5.56 Å². The summed E-state index contributed by atoms with van der Waals surface area (Å²) < 4.78 is 5.00. The Labute approximate surface area is 78.5 Å². The van der Waals surface area contributed by atoms with Crippen LogP contribution in [0.4, 0.5) is 0 Å². The van der Waals surface area contributed by atoms with Gasteiger partial charge < -0.3 is 15.3 Å². The monoisotopic (exact) mass is 183 g/mol. The maximum absolute atomic E-state index is 8.91. The van der Waals surface area contributed by atoms with Gasteiger partial charge in [0.15, 0.2) is 0 Å². The predicted molar refractivity (Wildman–Crippen MR) is 51.4 cm³/mol. The van der Waals surface area contributed by atoms with Crippen molar-refractivity contribution in [3.05, 3.63) is 24.2 Å². The van der Waals surface area contributed by atoms with Gasteiger partial charge in [0.1, 0.15) is 0 Å². The van der Waals surface area contributed by atoms with E-state index in [0.29, 0.717) is 6.42 Å². The summed E-state index contributed by atoms with van der Waals surface area (Å²) in [5.41, 5.74) is 6.73. The number of furan rings is 1. The van der Waals surface area contributed by atoms with Crippen LogP contribution in [0.1, 0.15) is 31.7 Å². The van der Waals surface area contributed by atoms with E-state index in [1.165, 1.54) is 0 Å². The van der Waals surface area contributed by atoms with Crippen molar-refractivity contribution in [3.8, 4) is 0 Å². The third kappa shape index (κ3) is 2.57. The molecule has 1 atom stereocenters. The van der Waals surface area contributed by atoms with Crippen LogP contribution in [0.15, 0.2) is 23.0 Å². The van der Waals surface area contributed by atoms with Crippen molar-refractivity contribution >= 4 is 0 Å². The molecule has 0 saturated carbocycles. The summed E-state index contributed by atoms with van der Waals surface area (Å²) in [5.74, 6) is 0.149. The van der Waals surface area contributed by atoms with Crippen molar-refractivity contribution in [1.29, 1.82) is 0 Å². The summed E-state index contributed by atoms with van der Waals surface area (Å²) in [6.45, 7) is 4.07. The lowest BCUT2D eigenvalue weighted by Gasteiger charge is -2.29. The lowest BCUT2D eigenvalue weighted by atomic mass is 9.82. The highest BCUT2D eigenvalue weighted by Crippen LogP contribution is 2.29. The molecule has 0 aromatic carbocycles. The van der Waals surface area contributed by atoms with E-state index in [1.54, 1.807) is 12.5 Å². The van der Waals surface area contributed by atoms with Crippen LogP contribution < -0.4 is 5.73 Å². The maximum Gasteiger partial charge on any atom is 0.0938 e. The fourth-order valence-corrected chi connectivity index (χ4v) is 1.57. The molecule has 0 aliphatic heterocycles. The van der Waals surface area contributed by atoms with Gasteiger partial charge in [0.05, 0.1) is 12.5 Å². The Balaban J connectivity index is 2.81. The van der Waals surface area contributed by atoms with E-state index in [2.05, 4.69) is 0 Å². The second-order valence-electron chi connectivity index (χ2n) is 3.94. The van der Waals surface area contributed by atoms with Crippen molar-refractivity contribution in [3.63, 3.8) is 0 Å². The van der Waals surface area contributed by atoms with E-state index in [9.17, 15) is 0 Å². The number of aliphatic hydroxyl groups excluding tert-OH is 1. The summed E-state index contributed by atoms with van der Waals surface area (Å²) in [6.07, 6.45) is 3.99. The van der Waals surface area contributed by atoms with Crippen LogP contribution in [0.5, 0.6) is 0 Å². The van der Waals surface area contributed by atoms with Gasteiger partial charge in [-0.3, -0.25) is 0 Å². The van der Waals surface area contributed by atoms with Crippen molar-refractivity contribution in [1.82, 2.24) is 0 Å². The van der Waals surface area contributed by atoms with Crippen LogP contribution in [0.3, 0.4) is 0 Å². The SMILES string of the molecule is CC(C)(N)C(CCO)c1ccoc1. The zero-order valence-corrected chi connectivity index (χ0v) is 8.16. The smallest absolute Gasteiger partial charge is 0.0938 e. The van der Waals surface area contributed by atoms with Crippen LogP contribution in [-0.4, -0.2) is 17.3 Å². The quantitative estimate of drug-likeness (QED) is 0.743. The fraction of sp³-hybridized carbons (Fsp3) is 0.600. The third-order valence-electron chi connectivity index (χ3n) is 2.26. The van der Waals surface area contributed by atoms with Crippen LogP contribution in [0.25, 0.3) is 0 Å². The summed E-state index contributed by atoms with van der Waals surface area (Å²) in [6, 6.07) is 1.90. The molecule has 3 heteroatoms. The number of nitrogens with two attached hydrogens (primary N) is 1. The highest BCUT2D eigenvalue weighted by Gasteiger charge is 2.26. The Bertz CT molecular complexity index is 236. The van der Waals surface area contributed by atoms with Crippen molar-refractivity contribution in [2.45, 2.75) is 31.7 Å². The van der Waals surface area contributed by atoms with Gasteiger partial charge in [-0.2, -0.15) is 0 Å². The molecule has 0 radical (unpaired) electrons. The van der Waals surface area contributed by atoms with E-state index in [1.807, 2.05) is 19.9 Å². The first kappa shape index (κ1) is 10.3. The zero-order chi connectivity index (χ0) is 9.90. The van der Waals surface area contributed by atoms with Gasteiger partial charge in [0.25, 0.3) is 0 Å². The normalized spacial score (nSPS) is 14.5. The van der Waals surface area contributed by atoms with E-state index in [-0.39, 0.29) is 18.1 Å². The molecule has 1 aromatic heterocycles. The Morgan fingerprint density at radius 2 is 2.31 bits per heavy atom. The second-order valence-corrected chi connectivity index (χ2v) is 3.94. The topological polar surface area (TPSA) is 59.4 Å². The molecule has 3 N–H and O–H groups in total. The van der Waals surface area contributed by atoms with E-state index < -0.39 is 0 Å². The van der Waals surface area contributed by atoms with Crippen LogP contribution in [-0.2, 0) is 0 Å². The second kappa shape index (κ2) is 3.94. The van der Waals surface area contributed by atoms with Crippen molar-refractivity contribution in [2.75, 3.05) is 6.61 Å². The Morgan fingerprint density at radius 3 is 2.69 bits per heavy atom. The van der Waals surface area contributed by atoms with Crippen molar-refractivity contribution < 1.29 is 9.52 Å². The fourth-order valence-electron chi connectivity index (χ4n) is 1.57. The van der Waals surface area contributed by atoms with Gasteiger partial charge in [0.2, 0.25) is 0 Å². The first-order valence-electron chi connectivity index (χ1n) is 4.47. The minimum Gasteiger partial charge on any atom is -0.472 e. The molecule has 74 valence electrons. The first-order valence-corrected chi connectivity index (χ1v) is 4.47. The minimum absolute atomic E-state index is 0.149. The first-order chi connectivity index (χ1) is 6.05. The lowest BCUT2D eigenvalue weighted by Crippen LogP contribution is -2.39. The van der Waals surface area contributed by atoms with Crippen LogP contribution in [0, 0.1) is 0 Å². The molecular weight excluding hydrogens is 166 g/mol. The summed E-state index contributed by atoms with van der Waals surface area (Å²) in [4.78, 5) is 0. The molecule has 0 aliphatic carbocycles. The molecule has 0 fully saturated rings. The molecule has 1 heterocycles. The standard InChI is InChI=1S/C10H17NO2/c1-10(2,11)9(3-5-12)8-4-6-13-7-8/h4,6-7,9,12H,3,5,11H2,1-2H3. The van der Waals surface area contributed by atoms with Crippen LogP contribution in [0.2, 0.25) is 0 Å². The Hall–Kier alpha value is -0.800. The maximum atomic E-state index is 8.91. The molecule has 0 saturated heterocycles. The van der Waals surface area contributed by atoms with Gasteiger partial charge in [-0.25, -0.2) is 0 Å². The van der Waals surface area contributed by atoms with Gasteiger partial charge in [-0.1, -0.05) is 0 Å². The summed E-state index contributed by atoms with van der Waals surface area (Å²) in [7, 11) is 0. The molecule has 1 unspecified atom stereocenters. The highest BCUT2D eigenvalue weighted by atomic mass is 16.3. The average Bonchev–Trinajstić information content (AvgIpc) is 2.49. The Morgan fingerprint density at radius 1 is 1.62 bits per heavy atom. The lowest BCUT2D eigenvalue weighted by molar-refractivity contribution is 0.250. The van der Waals surface area contributed by atoms with Gasteiger partial charge >= 0.3 is 0 Å². The molecule has 0 amide bonds. The summed E-state index contributed by atoms with van der Waals surface area (Å²) >= 11 is 0. The molecule has 0 bridgehead atoms. The molecule has 0 aliphatic rings. The van der Waals surface area contributed by atoms with Gasteiger partial charge in [-0.05, 0) is 31.9 Å². The average molecular weight is 183 g/mol. The molecule has 13 heavy (non-hydrogen) atoms. The third-order valence-corrected chi connectivity index (χ3v) is 2.26. The Kier molecular flexibility index (Phi) is 3.12. The minimum atomic E-state index is -0.327. The number of hydrogen-bond donors (Lipinski definition) is 2. The number of rotatable bonds is 4. The highest BCUT2D eigenvalue weighted by molar-refractivity contribution is 5.17. The predicted octanol–water partition coefficient (Wildman–Crippen LogP) is 1.48. The molecule has 1 aromatic rings. The molecule has 0 spiro atoms. The largest absolute Gasteiger partial charge is 0.472 e. The van der Waals surface area contributed by atoms with E-state index >= 15 is 0 Å². The molecule has 1 rings (SSSR count). The van der Waals surface area contributed by atoms with Gasteiger partial charge in [-0.15, -0.1) is 0 Å². The van der Waals surface area contributed by atoms with Gasteiger partial charge in [0, 0.05) is 18.1 Å².